The molecule has 34 heavy (non-hydrogen) atoms. The highest BCUT2D eigenvalue weighted by molar-refractivity contribution is 7.98. The Morgan fingerprint density at radius 2 is 1.56 bits per heavy atom. The zero-order chi connectivity index (χ0) is 24.9. The van der Waals surface area contributed by atoms with Gasteiger partial charge in [-0.25, -0.2) is 8.42 Å². The lowest BCUT2D eigenvalue weighted by Crippen LogP contribution is -2.42. The molecule has 0 aromatic heterocycles. The minimum atomic E-state index is -3.94. The van der Waals surface area contributed by atoms with Gasteiger partial charge in [0.15, 0.2) is 0 Å². The van der Waals surface area contributed by atoms with Crippen molar-refractivity contribution in [1.82, 2.24) is 5.32 Å². The first-order valence-corrected chi connectivity index (χ1v) is 13.9. The standard InChI is InChI=1S/C27H32N2O3S2/c1-6-26(25-16-9-20(3)17-21(25)4)28-27(30)18-29(22-10-7-19(2)8-11-22)34(31,32)24-14-12-23(33-5)13-15-24/h7-17,26H,6,18H2,1-5H3,(H,28,30). The molecule has 180 valence electrons. The van der Waals surface area contributed by atoms with Crippen molar-refractivity contribution in [2.75, 3.05) is 17.1 Å². The van der Waals surface area contributed by atoms with E-state index in [4.69, 9.17) is 0 Å². The quantitative estimate of drug-likeness (QED) is 0.381. The molecule has 0 spiro atoms. The van der Waals surface area contributed by atoms with Crippen molar-refractivity contribution in [3.8, 4) is 0 Å². The van der Waals surface area contributed by atoms with Gasteiger partial charge in [0.2, 0.25) is 5.91 Å². The lowest BCUT2D eigenvalue weighted by atomic mass is 9.97. The topological polar surface area (TPSA) is 66.5 Å². The third-order valence-corrected chi connectivity index (χ3v) is 8.33. The summed E-state index contributed by atoms with van der Waals surface area (Å²) in [5.74, 6) is -0.350. The molecule has 1 unspecified atom stereocenters. The average molecular weight is 497 g/mol. The predicted octanol–water partition coefficient (Wildman–Crippen LogP) is 5.80. The molecule has 0 heterocycles. The number of thioether (sulfide) groups is 1. The second-order valence-corrected chi connectivity index (χ2v) is 11.2. The first kappa shape index (κ1) is 25.8. The van der Waals surface area contributed by atoms with Gasteiger partial charge in [-0.3, -0.25) is 9.10 Å². The summed E-state index contributed by atoms with van der Waals surface area (Å²) in [4.78, 5) is 14.3. The van der Waals surface area contributed by atoms with Gasteiger partial charge in [0.1, 0.15) is 6.54 Å². The van der Waals surface area contributed by atoms with E-state index in [1.54, 1.807) is 48.2 Å². The van der Waals surface area contributed by atoms with E-state index in [9.17, 15) is 13.2 Å². The van der Waals surface area contributed by atoms with Crippen LogP contribution in [0.15, 0.2) is 76.5 Å². The van der Waals surface area contributed by atoms with Crippen molar-refractivity contribution in [3.05, 3.63) is 89.0 Å². The van der Waals surface area contributed by atoms with Gasteiger partial charge in [-0.15, -0.1) is 11.8 Å². The Labute approximate surface area is 207 Å². The molecule has 1 N–H and O–H groups in total. The average Bonchev–Trinajstić information content (AvgIpc) is 2.82. The highest BCUT2D eigenvalue weighted by Crippen LogP contribution is 2.27. The predicted molar refractivity (Wildman–Crippen MR) is 141 cm³/mol. The van der Waals surface area contributed by atoms with Gasteiger partial charge < -0.3 is 5.32 Å². The Morgan fingerprint density at radius 1 is 0.941 bits per heavy atom. The summed E-state index contributed by atoms with van der Waals surface area (Å²) in [5.41, 5.74) is 4.76. The summed E-state index contributed by atoms with van der Waals surface area (Å²) in [6.07, 6.45) is 2.63. The van der Waals surface area contributed by atoms with Crippen LogP contribution in [0, 0.1) is 20.8 Å². The molecule has 1 amide bonds. The van der Waals surface area contributed by atoms with Gasteiger partial charge in [-0.2, -0.15) is 0 Å². The number of hydrogen-bond donors (Lipinski definition) is 1. The molecule has 0 aliphatic heterocycles. The van der Waals surface area contributed by atoms with Crippen LogP contribution in [0.25, 0.3) is 0 Å². The normalized spacial score (nSPS) is 12.3. The van der Waals surface area contributed by atoms with Crippen molar-refractivity contribution in [1.29, 1.82) is 0 Å². The highest BCUT2D eigenvalue weighted by Gasteiger charge is 2.28. The van der Waals surface area contributed by atoms with E-state index in [-0.39, 0.29) is 23.4 Å². The summed E-state index contributed by atoms with van der Waals surface area (Å²) in [6, 6.07) is 19.8. The van der Waals surface area contributed by atoms with Crippen LogP contribution in [-0.2, 0) is 14.8 Å². The maximum Gasteiger partial charge on any atom is 0.264 e. The number of carbonyl (C=O) groups excluding carboxylic acids is 1. The van der Waals surface area contributed by atoms with Crippen molar-refractivity contribution in [2.45, 2.75) is 49.9 Å². The lowest BCUT2D eigenvalue weighted by Gasteiger charge is -2.26. The zero-order valence-corrected chi connectivity index (χ0v) is 22.0. The van der Waals surface area contributed by atoms with Gasteiger partial charge in [-0.05, 0) is 81.0 Å². The molecule has 3 aromatic rings. The van der Waals surface area contributed by atoms with Gasteiger partial charge in [0.25, 0.3) is 10.0 Å². The molecule has 3 rings (SSSR count). The number of sulfonamides is 1. The largest absolute Gasteiger partial charge is 0.348 e. The van der Waals surface area contributed by atoms with Crippen LogP contribution in [0.3, 0.4) is 0 Å². The van der Waals surface area contributed by atoms with Crippen LogP contribution in [0.2, 0.25) is 0 Å². The van der Waals surface area contributed by atoms with Gasteiger partial charge in [0.05, 0.1) is 16.6 Å². The van der Waals surface area contributed by atoms with Crippen LogP contribution in [0.5, 0.6) is 0 Å². The highest BCUT2D eigenvalue weighted by atomic mass is 32.2. The van der Waals surface area contributed by atoms with Crippen molar-refractivity contribution in [2.24, 2.45) is 0 Å². The smallest absolute Gasteiger partial charge is 0.264 e. The number of amides is 1. The van der Waals surface area contributed by atoms with Crippen molar-refractivity contribution >= 4 is 33.4 Å². The first-order chi connectivity index (χ1) is 16.1. The fourth-order valence-corrected chi connectivity index (χ4v) is 5.72. The number of rotatable bonds is 9. The van der Waals surface area contributed by atoms with E-state index in [0.717, 1.165) is 27.1 Å². The molecule has 0 bridgehead atoms. The SMILES string of the molecule is CCC(NC(=O)CN(c1ccc(C)cc1)S(=O)(=O)c1ccc(SC)cc1)c1ccc(C)cc1C. The molecule has 5 nitrogen and oxygen atoms in total. The monoisotopic (exact) mass is 496 g/mol. The first-order valence-electron chi connectivity index (χ1n) is 11.3. The Balaban J connectivity index is 1.91. The molecule has 0 aliphatic carbocycles. The zero-order valence-electron chi connectivity index (χ0n) is 20.3. The molecule has 0 radical (unpaired) electrons. The van der Waals surface area contributed by atoms with Gasteiger partial charge in [-0.1, -0.05) is 48.4 Å². The molecule has 0 aliphatic rings. The molecule has 7 heteroatoms. The number of hydrogen-bond acceptors (Lipinski definition) is 4. The summed E-state index contributed by atoms with van der Waals surface area (Å²) in [5, 5.41) is 3.05. The number of aryl methyl sites for hydroxylation is 3. The Morgan fingerprint density at radius 3 is 2.12 bits per heavy atom. The summed E-state index contributed by atoms with van der Waals surface area (Å²) >= 11 is 1.54. The van der Waals surface area contributed by atoms with Gasteiger partial charge in [0, 0.05) is 4.90 Å². The van der Waals surface area contributed by atoms with E-state index in [1.807, 2.05) is 58.2 Å². The lowest BCUT2D eigenvalue weighted by molar-refractivity contribution is -0.120. The van der Waals surface area contributed by atoms with E-state index >= 15 is 0 Å². The number of anilines is 1. The van der Waals surface area contributed by atoms with E-state index in [1.165, 1.54) is 4.31 Å². The molecule has 3 aromatic carbocycles. The number of benzene rings is 3. The van der Waals surface area contributed by atoms with E-state index in [2.05, 4.69) is 11.4 Å². The Bertz CT molecular complexity index is 1240. The number of carbonyl (C=O) groups is 1. The maximum absolute atomic E-state index is 13.6. The van der Waals surface area contributed by atoms with Crippen LogP contribution in [0.1, 0.15) is 41.6 Å². The minimum Gasteiger partial charge on any atom is -0.348 e. The molecule has 0 saturated carbocycles. The van der Waals surface area contributed by atoms with E-state index in [0.29, 0.717) is 12.1 Å². The van der Waals surface area contributed by atoms with Crippen LogP contribution in [-0.4, -0.2) is 27.1 Å². The van der Waals surface area contributed by atoms with Crippen molar-refractivity contribution < 1.29 is 13.2 Å². The Hall–Kier alpha value is -2.77. The second kappa shape index (κ2) is 11.1. The molecule has 1 atom stereocenters. The second-order valence-electron chi connectivity index (χ2n) is 8.41. The van der Waals surface area contributed by atoms with Crippen LogP contribution in [0.4, 0.5) is 5.69 Å². The van der Waals surface area contributed by atoms with Crippen LogP contribution >= 0.6 is 11.8 Å². The third-order valence-electron chi connectivity index (χ3n) is 5.80. The molecule has 0 saturated heterocycles. The summed E-state index contributed by atoms with van der Waals surface area (Å²) in [7, 11) is -3.94. The number of nitrogens with zero attached hydrogens (tertiary/aromatic N) is 1. The molecular formula is C27H32N2O3S2. The van der Waals surface area contributed by atoms with E-state index < -0.39 is 10.0 Å². The fourth-order valence-electron chi connectivity index (χ4n) is 3.89. The number of nitrogens with one attached hydrogen (secondary N) is 1. The van der Waals surface area contributed by atoms with Crippen molar-refractivity contribution in [3.63, 3.8) is 0 Å². The minimum absolute atomic E-state index is 0.153. The maximum atomic E-state index is 13.6. The molecule has 0 fully saturated rings. The molecular weight excluding hydrogens is 464 g/mol. The summed E-state index contributed by atoms with van der Waals surface area (Å²) in [6.45, 7) is 7.69. The third kappa shape index (κ3) is 6.02. The Kier molecular flexibility index (Phi) is 8.44. The fraction of sp³-hybridized carbons (Fsp3) is 0.296. The summed E-state index contributed by atoms with van der Waals surface area (Å²) < 4.78 is 28.4. The van der Waals surface area contributed by atoms with Crippen LogP contribution < -0.4 is 9.62 Å². The van der Waals surface area contributed by atoms with Gasteiger partial charge >= 0.3 is 0 Å².